The quantitative estimate of drug-likeness (QED) is 0.875. The summed E-state index contributed by atoms with van der Waals surface area (Å²) in [6.45, 7) is 2.38. The minimum Gasteiger partial charge on any atom is -0.406 e. The molecule has 0 saturated heterocycles. The number of alkyl halides is 3. The lowest BCUT2D eigenvalue weighted by atomic mass is 10.2. The van der Waals surface area contributed by atoms with Gasteiger partial charge in [0.15, 0.2) is 0 Å². The molecule has 0 saturated carbocycles. The van der Waals surface area contributed by atoms with Crippen LogP contribution in [0.4, 0.5) is 13.2 Å². The highest BCUT2D eigenvalue weighted by Crippen LogP contribution is 2.23. The van der Waals surface area contributed by atoms with Crippen molar-refractivity contribution >= 4 is 5.91 Å². The van der Waals surface area contributed by atoms with E-state index in [1.54, 1.807) is 0 Å². The molecule has 1 N–H and O–H groups in total. The van der Waals surface area contributed by atoms with Crippen LogP contribution in [0.15, 0.2) is 24.3 Å². The number of rotatable bonds is 6. The van der Waals surface area contributed by atoms with Gasteiger partial charge in [-0.3, -0.25) is 4.79 Å². The number of halogens is 3. The lowest BCUT2D eigenvalue weighted by Gasteiger charge is -2.21. The van der Waals surface area contributed by atoms with Crippen molar-refractivity contribution in [2.75, 3.05) is 19.7 Å². The molecule has 0 bridgehead atoms. The maximum absolute atomic E-state index is 12.1. The molecule has 1 amide bonds. The van der Waals surface area contributed by atoms with Crippen LogP contribution in [0.25, 0.3) is 0 Å². The number of carbonyl (C=O) groups is 1. The van der Waals surface area contributed by atoms with Gasteiger partial charge in [-0.2, -0.15) is 0 Å². The molecule has 0 spiro atoms. The van der Waals surface area contributed by atoms with Crippen molar-refractivity contribution in [1.29, 1.82) is 0 Å². The van der Waals surface area contributed by atoms with E-state index >= 15 is 0 Å². The number of nitrogens with zero attached hydrogens (tertiary/aromatic N) is 1. The summed E-state index contributed by atoms with van der Waals surface area (Å²) in [5, 5.41) is 8.89. The van der Waals surface area contributed by atoms with Gasteiger partial charge in [0.25, 0.3) is 5.91 Å². The van der Waals surface area contributed by atoms with Crippen LogP contribution in [0.5, 0.6) is 5.75 Å². The predicted molar refractivity (Wildman–Crippen MR) is 66.4 cm³/mol. The van der Waals surface area contributed by atoms with Crippen LogP contribution in [0.3, 0.4) is 0 Å². The van der Waals surface area contributed by atoms with E-state index in [0.29, 0.717) is 6.54 Å². The Labute approximate surface area is 114 Å². The highest BCUT2D eigenvalue weighted by atomic mass is 19.4. The summed E-state index contributed by atoms with van der Waals surface area (Å²) in [5.74, 6) is -0.710. The van der Waals surface area contributed by atoms with Gasteiger partial charge in [-0.05, 0) is 30.7 Å². The zero-order chi connectivity index (χ0) is 15.2. The Morgan fingerprint density at radius 1 is 1.25 bits per heavy atom. The molecule has 1 aromatic rings. The Balaban J connectivity index is 2.78. The summed E-state index contributed by atoms with van der Waals surface area (Å²) in [6, 6.07) is 4.71. The van der Waals surface area contributed by atoms with Gasteiger partial charge in [0, 0.05) is 18.7 Å². The number of hydrogen-bond donors (Lipinski definition) is 1. The fourth-order valence-electron chi connectivity index (χ4n) is 1.69. The maximum atomic E-state index is 12.1. The zero-order valence-corrected chi connectivity index (χ0v) is 11.0. The van der Waals surface area contributed by atoms with Crippen LogP contribution in [0.1, 0.15) is 23.7 Å². The molecule has 0 atom stereocenters. The first-order valence-corrected chi connectivity index (χ1v) is 6.13. The van der Waals surface area contributed by atoms with E-state index in [4.69, 9.17) is 5.11 Å². The minimum absolute atomic E-state index is 0.166. The van der Waals surface area contributed by atoms with Crippen molar-refractivity contribution in [3.63, 3.8) is 0 Å². The molecule has 7 heteroatoms. The third-order valence-electron chi connectivity index (χ3n) is 2.49. The van der Waals surface area contributed by atoms with Crippen LogP contribution in [0.2, 0.25) is 0 Å². The summed E-state index contributed by atoms with van der Waals surface area (Å²) in [6.07, 6.45) is -4.03. The summed E-state index contributed by atoms with van der Waals surface area (Å²) >= 11 is 0. The second-order valence-electron chi connectivity index (χ2n) is 4.09. The molecule has 0 aliphatic rings. The van der Waals surface area contributed by atoms with Crippen LogP contribution in [-0.4, -0.2) is 42.0 Å². The van der Waals surface area contributed by atoms with Crippen molar-refractivity contribution < 1.29 is 27.8 Å². The third kappa shape index (κ3) is 5.08. The van der Waals surface area contributed by atoms with E-state index < -0.39 is 6.36 Å². The van der Waals surface area contributed by atoms with E-state index in [1.807, 2.05) is 6.92 Å². The second kappa shape index (κ2) is 7.14. The van der Waals surface area contributed by atoms with Gasteiger partial charge in [-0.1, -0.05) is 6.92 Å². The Morgan fingerprint density at radius 2 is 1.85 bits per heavy atom. The smallest absolute Gasteiger partial charge is 0.406 e. The first-order chi connectivity index (χ1) is 9.37. The third-order valence-corrected chi connectivity index (χ3v) is 2.49. The van der Waals surface area contributed by atoms with Crippen LogP contribution >= 0.6 is 0 Å². The van der Waals surface area contributed by atoms with Gasteiger partial charge in [0.2, 0.25) is 0 Å². The Kier molecular flexibility index (Phi) is 5.82. The lowest BCUT2D eigenvalue weighted by Crippen LogP contribution is -2.34. The number of aliphatic hydroxyl groups is 1. The van der Waals surface area contributed by atoms with Gasteiger partial charge < -0.3 is 14.7 Å². The fourth-order valence-corrected chi connectivity index (χ4v) is 1.69. The van der Waals surface area contributed by atoms with E-state index in [0.717, 1.165) is 18.6 Å². The molecule has 0 fully saturated rings. The second-order valence-corrected chi connectivity index (χ2v) is 4.09. The summed E-state index contributed by atoms with van der Waals surface area (Å²) in [7, 11) is 0. The summed E-state index contributed by atoms with van der Waals surface area (Å²) < 4.78 is 39.7. The molecule has 0 radical (unpaired) electrons. The van der Waals surface area contributed by atoms with Crippen molar-refractivity contribution in [2.24, 2.45) is 0 Å². The number of amides is 1. The molecule has 1 rings (SSSR count). The van der Waals surface area contributed by atoms with Gasteiger partial charge in [-0.15, -0.1) is 13.2 Å². The Morgan fingerprint density at radius 3 is 2.30 bits per heavy atom. The number of carbonyl (C=O) groups excluding carboxylic acids is 1. The largest absolute Gasteiger partial charge is 0.573 e. The molecule has 0 aliphatic carbocycles. The van der Waals surface area contributed by atoms with Gasteiger partial charge in [0.1, 0.15) is 5.75 Å². The SMILES string of the molecule is CCCN(CCO)C(=O)c1ccc(OC(F)(F)F)cc1. The Bertz CT molecular complexity index is 425. The average Bonchev–Trinajstić information content (AvgIpc) is 2.37. The number of benzene rings is 1. The van der Waals surface area contributed by atoms with E-state index in [2.05, 4.69) is 4.74 Å². The molecule has 0 unspecified atom stereocenters. The predicted octanol–water partition coefficient (Wildman–Crippen LogP) is 2.43. The highest BCUT2D eigenvalue weighted by Gasteiger charge is 2.31. The molecule has 0 aromatic heterocycles. The average molecular weight is 291 g/mol. The van der Waals surface area contributed by atoms with Gasteiger partial charge in [-0.25, -0.2) is 0 Å². The molecule has 0 heterocycles. The molecule has 20 heavy (non-hydrogen) atoms. The van der Waals surface area contributed by atoms with E-state index in [1.165, 1.54) is 17.0 Å². The molecule has 1 aromatic carbocycles. The lowest BCUT2D eigenvalue weighted by molar-refractivity contribution is -0.274. The molecular formula is C13H16F3NO3. The van der Waals surface area contributed by atoms with Crippen molar-refractivity contribution in [1.82, 2.24) is 4.90 Å². The molecule has 0 aliphatic heterocycles. The maximum Gasteiger partial charge on any atom is 0.573 e. The Hall–Kier alpha value is -1.76. The van der Waals surface area contributed by atoms with E-state index in [-0.39, 0.29) is 30.4 Å². The first-order valence-electron chi connectivity index (χ1n) is 6.13. The standard InChI is InChI=1S/C13H16F3NO3/c1-2-7-17(8-9-18)12(19)10-3-5-11(6-4-10)20-13(14,15)16/h3-6,18H,2,7-9H2,1H3. The first kappa shape index (κ1) is 16.3. The molecular weight excluding hydrogens is 275 g/mol. The van der Waals surface area contributed by atoms with Crippen molar-refractivity contribution in [3.8, 4) is 5.75 Å². The summed E-state index contributed by atoms with van der Waals surface area (Å²) in [4.78, 5) is 13.5. The van der Waals surface area contributed by atoms with Crippen LogP contribution in [0, 0.1) is 0 Å². The van der Waals surface area contributed by atoms with Crippen LogP contribution < -0.4 is 4.74 Å². The fraction of sp³-hybridized carbons (Fsp3) is 0.462. The zero-order valence-electron chi connectivity index (χ0n) is 11.0. The molecule has 4 nitrogen and oxygen atoms in total. The normalized spacial score (nSPS) is 11.2. The van der Waals surface area contributed by atoms with Gasteiger partial charge >= 0.3 is 6.36 Å². The number of hydrogen-bond acceptors (Lipinski definition) is 3. The molecule has 112 valence electrons. The monoisotopic (exact) mass is 291 g/mol. The highest BCUT2D eigenvalue weighted by molar-refractivity contribution is 5.94. The number of ether oxygens (including phenoxy) is 1. The van der Waals surface area contributed by atoms with E-state index in [9.17, 15) is 18.0 Å². The van der Waals surface area contributed by atoms with Gasteiger partial charge in [0.05, 0.1) is 6.61 Å². The van der Waals surface area contributed by atoms with Crippen molar-refractivity contribution in [3.05, 3.63) is 29.8 Å². The van der Waals surface area contributed by atoms with Crippen LogP contribution in [-0.2, 0) is 0 Å². The minimum atomic E-state index is -4.75. The topological polar surface area (TPSA) is 49.8 Å². The summed E-state index contributed by atoms with van der Waals surface area (Å²) in [5.41, 5.74) is 0.251. The number of aliphatic hydroxyl groups excluding tert-OH is 1. The van der Waals surface area contributed by atoms with Crippen molar-refractivity contribution in [2.45, 2.75) is 19.7 Å².